The fourth-order valence-electron chi connectivity index (χ4n) is 0.992. The number of carbonyl (C=O) groups excluding carboxylic acids is 1. The second-order valence-electron chi connectivity index (χ2n) is 3.73. The number of nitrogens with zero attached hydrogens (tertiary/aromatic N) is 1. The van der Waals surface area contributed by atoms with E-state index in [-0.39, 0.29) is 23.5 Å². The molecule has 0 bridgehead atoms. The summed E-state index contributed by atoms with van der Waals surface area (Å²) in [7, 11) is 0. The first kappa shape index (κ1) is 21.4. The van der Waals surface area contributed by atoms with Crippen LogP contribution in [0.15, 0.2) is 12.5 Å². The number of H-pyrrole nitrogens is 1. The summed E-state index contributed by atoms with van der Waals surface area (Å²) < 4.78 is 0. The maximum absolute atomic E-state index is 10.2. The number of hydrogen-bond acceptors (Lipinski definition) is 4. The molecule has 1 rings (SSSR count). The van der Waals surface area contributed by atoms with Crippen LogP contribution in [0.25, 0.3) is 11.5 Å². The monoisotopic (exact) mass is 348 g/mol. The Morgan fingerprint density at radius 1 is 1.24 bits per heavy atom. The maximum atomic E-state index is 10.2. The molecule has 1 amide bonds. The minimum atomic E-state index is -1.41. The van der Waals surface area contributed by atoms with Crippen molar-refractivity contribution in [1.29, 1.82) is 0 Å². The number of nitrogens with one attached hydrogen (secondary N) is 3. The van der Waals surface area contributed by atoms with E-state index in [1.165, 1.54) is 12.5 Å². The van der Waals surface area contributed by atoms with Crippen molar-refractivity contribution >= 4 is 17.8 Å². The fourth-order valence-corrected chi connectivity index (χ4v) is 0.992. The number of amides is 1. The average Bonchev–Trinajstić information content (AvgIpc) is 2.81. The molecule has 1 aromatic heterocycles. The summed E-state index contributed by atoms with van der Waals surface area (Å²) in [4.78, 5) is 36.4. The zero-order chi connectivity index (χ0) is 15.7. The van der Waals surface area contributed by atoms with Crippen molar-refractivity contribution in [2.75, 3.05) is 0 Å². The van der Waals surface area contributed by atoms with Crippen molar-refractivity contribution in [3.63, 3.8) is 0 Å². The molecule has 0 saturated heterocycles. The Balaban J connectivity index is 0. The van der Waals surface area contributed by atoms with Gasteiger partial charge in [-0.3, -0.25) is 14.4 Å². The summed E-state index contributed by atoms with van der Waals surface area (Å²) in [5.74, 6) is -3.20. The van der Waals surface area contributed by atoms with E-state index in [1.807, 2.05) is 0 Å². The number of nitrogens with two attached hydrogens (primary N) is 1. The Labute approximate surface area is 130 Å². The Hall–Kier alpha value is -1.94. The maximum Gasteiger partial charge on any atom is 2.00 e. The van der Waals surface area contributed by atoms with Gasteiger partial charge in [0.15, 0.2) is 0 Å². The minimum absolute atomic E-state index is 0. The van der Waals surface area contributed by atoms with Crippen molar-refractivity contribution in [1.82, 2.24) is 9.97 Å². The summed E-state index contributed by atoms with van der Waals surface area (Å²) in [6.45, 7) is 0. The van der Waals surface area contributed by atoms with Crippen LogP contribution in [-0.2, 0) is 37.9 Å². The van der Waals surface area contributed by atoms with E-state index in [2.05, 4.69) is 15.7 Å². The number of imidazole rings is 1. The molecule has 1 heterocycles. The van der Waals surface area contributed by atoms with Gasteiger partial charge in [0.1, 0.15) is 0 Å². The molecular formula is C10H15CuN5O5. The zero-order valence-electron chi connectivity index (χ0n) is 10.7. The van der Waals surface area contributed by atoms with Gasteiger partial charge in [0, 0.05) is 18.3 Å². The Kier molecular flexibility index (Phi) is 11.0. The smallest absolute Gasteiger partial charge is 0.665 e. The molecule has 0 fully saturated rings. The molecule has 10 nitrogen and oxygen atoms in total. The van der Waals surface area contributed by atoms with Gasteiger partial charge in [-0.25, -0.2) is 4.98 Å². The first-order valence-electron chi connectivity index (χ1n) is 5.37. The third-order valence-electron chi connectivity index (χ3n) is 1.98. The van der Waals surface area contributed by atoms with Gasteiger partial charge in [0.2, 0.25) is 5.91 Å². The van der Waals surface area contributed by atoms with Gasteiger partial charge in [0.25, 0.3) is 11.9 Å². The third-order valence-corrected chi connectivity index (χ3v) is 1.98. The van der Waals surface area contributed by atoms with Crippen LogP contribution in [0.1, 0.15) is 12.1 Å². The quantitative estimate of drug-likeness (QED) is 0.514. The topological polar surface area (TPSA) is 194 Å². The Morgan fingerprint density at radius 2 is 1.76 bits per heavy atom. The van der Waals surface area contributed by atoms with Crippen LogP contribution in [-0.4, -0.2) is 50.1 Å². The predicted octanol–water partition coefficient (Wildman–Crippen LogP) is -0.178. The number of hydrogen-bond donors (Lipinski definition) is 4. The number of aromatic nitrogens is 2. The Morgan fingerprint density at radius 3 is 2.05 bits per heavy atom. The molecular weight excluding hydrogens is 334 g/mol. The molecule has 2 atom stereocenters. The van der Waals surface area contributed by atoms with Gasteiger partial charge in [-0.1, -0.05) is 0 Å². The molecule has 7 N–H and O–H groups in total. The van der Waals surface area contributed by atoms with Gasteiger partial charge in [-0.2, -0.15) is 0 Å². The van der Waals surface area contributed by atoms with Gasteiger partial charge in [0.05, 0.1) is 6.33 Å². The summed E-state index contributed by atoms with van der Waals surface area (Å²) in [5, 5.41) is 16.4. The van der Waals surface area contributed by atoms with E-state index in [0.717, 1.165) is 0 Å². The molecule has 1 aromatic rings. The molecule has 0 aliphatic heterocycles. The molecule has 121 valence electrons. The molecule has 2 unspecified atom stereocenters. The minimum Gasteiger partial charge on any atom is -0.665 e. The molecule has 0 aromatic carbocycles. The van der Waals surface area contributed by atoms with E-state index in [0.29, 0.717) is 5.69 Å². The molecule has 0 aliphatic carbocycles. The first-order valence-corrected chi connectivity index (χ1v) is 5.37. The van der Waals surface area contributed by atoms with E-state index in [1.54, 1.807) is 0 Å². The number of carbonyl (C=O) groups is 3. The van der Waals surface area contributed by atoms with Crippen LogP contribution >= 0.6 is 0 Å². The second kappa shape index (κ2) is 10.8. The molecule has 0 aliphatic rings. The van der Waals surface area contributed by atoms with Crippen LogP contribution in [0.5, 0.6) is 0 Å². The molecule has 21 heavy (non-hydrogen) atoms. The molecule has 0 spiro atoms. The van der Waals surface area contributed by atoms with E-state index < -0.39 is 36.4 Å². The number of aliphatic carboxylic acids is 2. The number of primary amides is 1. The number of carboxylic acid groups (broad SMARTS) is 2. The van der Waals surface area contributed by atoms with E-state index in [9.17, 15) is 14.4 Å². The normalized spacial score (nSPS) is 12.1. The largest absolute Gasteiger partial charge is 2.00 e. The van der Waals surface area contributed by atoms with Crippen LogP contribution < -0.4 is 5.73 Å². The van der Waals surface area contributed by atoms with Crippen molar-refractivity contribution in [2.24, 2.45) is 5.73 Å². The van der Waals surface area contributed by atoms with Crippen molar-refractivity contribution in [3.8, 4) is 0 Å². The Bertz CT molecular complexity index is 453. The van der Waals surface area contributed by atoms with Crippen molar-refractivity contribution < 1.29 is 41.7 Å². The first-order chi connectivity index (χ1) is 9.23. The SMILES string of the molecule is [Cu+2].[NH-]C(CC(N)=O)C(=O)O.[NH-]C(Cc1cnc[nH]1)C(=O)O. The molecule has 11 heteroatoms. The predicted molar refractivity (Wildman–Crippen MR) is 67.6 cm³/mol. The third kappa shape index (κ3) is 10.5. The average molecular weight is 349 g/mol. The fraction of sp³-hybridized carbons (Fsp3) is 0.400. The van der Waals surface area contributed by atoms with Gasteiger partial charge >= 0.3 is 17.1 Å². The number of rotatable bonds is 6. The van der Waals surface area contributed by atoms with Crippen LogP contribution in [0.4, 0.5) is 0 Å². The van der Waals surface area contributed by atoms with Crippen molar-refractivity contribution in [2.45, 2.75) is 24.9 Å². The van der Waals surface area contributed by atoms with E-state index in [4.69, 9.17) is 21.7 Å². The number of carboxylic acids is 2. The van der Waals surface area contributed by atoms with E-state index >= 15 is 0 Å². The van der Waals surface area contributed by atoms with Crippen molar-refractivity contribution in [3.05, 3.63) is 29.7 Å². The van der Waals surface area contributed by atoms with Gasteiger partial charge < -0.3 is 32.4 Å². The summed E-state index contributed by atoms with van der Waals surface area (Å²) >= 11 is 0. The standard InChI is InChI=1S/C6H8N3O2.C4H7N2O3.Cu/c7-5(6(10)11)1-4-2-8-3-9-4;5-2(4(8)9)1-3(6)7;/h2-3,5,7H,1H2,(H,8,9)(H,10,11);2,5H,1H2,(H2,6,7)(H,8,9);/q2*-1;+2. The number of aromatic amines is 1. The second-order valence-corrected chi connectivity index (χ2v) is 3.73. The van der Waals surface area contributed by atoms with Crippen LogP contribution in [0.3, 0.4) is 0 Å². The van der Waals surface area contributed by atoms with Gasteiger partial charge in [-0.15, -0.1) is 0 Å². The van der Waals surface area contributed by atoms with Gasteiger partial charge in [-0.05, 0) is 18.5 Å². The molecule has 0 saturated carbocycles. The van der Waals surface area contributed by atoms with Crippen LogP contribution in [0.2, 0.25) is 0 Å². The van der Waals surface area contributed by atoms with Crippen LogP contribution in [0, 0.1) is 0 Å². The summed E-state index contributed by atoms with van der Waals surface area (Å²) in [6, 6.07) is -2.52. The zero-order valence-corrected chi connectivity index (χ0v) is 11.6. The summed E-state index contributed by atoms with van der Waals surface area (Å²) in [5.41, 5.74) is 19.0. The summed E-state index contributed by atoms with van der Waals surface area (Å²) in [6.07, 6.45) is 2.74. The molecule has 1 radical (unpaired) electrons.